The average Bonchev–Trinajstić information content (AvgIpc) is 2.37. The van der Waals surface area contributed by atoms with Gasteiger partial charge in [-0.1, -0.05) is 61.7 Å². The number of hydrogen-bond acceptors (Lipinski definition) is 0. The van der Waals surface area contributed by atoms with E-state index in [9.17, 15) is 0 Å². The van der Waals surface area contributed by atoms with Crippen LogP contribution in [0.4, 0.5) is 0 Å². The van der Waals surface area contributed by atoms with Gasteiger partial charge in [0.05, 0.1) is 0 Å². The van der Waals surface area contributed by atoms with Crippen LogP contribution in [0.15, 0.2) is 42.5 Å². The SMILES string of the molecule is C(=C/C1CCCCC1)/CCc1ccccc1. The van der Waals surface area contributed by atoms with E-state index in [0.29, 0.717) is 0 Å². The van der Waals surface area contributed by atoms with Crippen molar-refractivity contribution in [1.29, 1.82) is 0 Å². The Labute approximate surface area is 99.4 Å². The third-order valence-corrected chi connectivity index (χ3v) is 3.50. The van der Waals surface area contributed by atoms with Crippen LogP contribution >= 0.6 is 0 Å². The first-order chi connectivity index (χ1) is 7.95. The Morgan fingerprint density at radius 1 is 1.00 bits per heavy atom. The van der Waals surface area contributed by atoms with Crippen molar-refractivity contribution in [2.45, 2.75) is 44.9 Å². The van der Waals surface area contributed by atoms with Gasteiger partial charge in [0.15, 0.2) is 0 Å². The summed E-state index contributed by atoms with van der Waals surface area (Å²) in [5.41, 5.74) is 1.45. The van der Waals surface area contributed by atoms with Crippen LogP contribution in [-0.4, -0.2) is 0 Å². The van der Waals surface area contributed by atoms with Crippen molar-refractivity contribution in [1.82, 2.24) is 0 Å². The molecule has 0 aliphatic heterocycles. The van der Waals surface area contributed by atoms with Crippen molar-refractivity contribution in [3.8, 4) is 0 Å². The smallest absolute Gasteiger partial charge is 0.0234 e. The number of allylic oxidation sites excluding steroid dienone is 2. The first-order valence-electron chi connectivity index (χ1n) is 6.66. The summed E-state index contributed by atoms with van der Waals surface area (Å²) in [6.45, 7) is 0. The molecule has 0 amide bonds. The Balaban J connectivity index is 1.69. The van der Waals surface area contributed by atoms with E-state index in [4.69, 9.17) is 0 Å². The summed E-state index contributed by atoms with van der Waals surface area (Å²) < 4.78 is 0. The van der Waals surface area contributed by atoms with Crippen molar-refractivity contribution in [2.75, 3.05) is 0 Å². The highest BCUT2D eigenvalue weighted by Gasteiger charge is 2.09. The van der Waals surface area contributed by atoms with Crippen molar-refractivity contribution >= 4 is 0 Å². The molecule has 0 heteroatoms. The summed E-state index contributed by atoms with van der Waals surface area (Å²) in [4.78, 5) is 0. The molecule has 0 heterocycles. The lowest BCUT2D eigenvalue weighted by Crippen LogP contribution is -2.02. The van der Waals surface area contributed by atoms with Crippen molar-refractivity contribution in [2.24, 2.45) is 5.92 Å². The van der Waals surface area contributed by atoms with Crippen molar-refractivity contribution < 1.29 is 0 Å². The molecule has 1 aliphatic carbocycles. The Bertz CT molecular complexity index is 304. The van der Waals surface area contributed by atoms with Crippen LogP contribution in [0.2, 0.25) is 0 Å². The Hall–Kier alpha value is -1.04. The fourth-order valence-electron chi connectivity index (χ4n) is 2.51. The number of rotatable bonds is 4. The minimum Gasteiger partial charge on any atom is -0.0879 e. The molecule has 0 unspecified atom stereocenters. The normalized spacial score (nSPS) is 18.0. The monoisotopic (exact) mass is 214 g/mol. The van der Waals surface area contributed by atoms with Crippen LogP contribution in [0.3, 0.4) is 0 Å². The number of aryl methyl sites for hydroxylation is 1. The number of hydrogen-bond donors (Lipinski definition) is 0. The van der Waals surface area contributed by atoms with Crippen LogP contribution in [0.1, 0.15) is 44.1 Å². The van der Waals surface area contributed by atoms with Crippen molar-refractivity contribution in [3.63, 3.8) is 0 Å². The van der Waals surface area contributed by atoms with Crippen molar-refractivity contribution in [3.05, 3.63) is 48.0 Å². The maximum atomic E-state index is 2.46. The molecular weight excluding hydrogens is 192 g/mol. The fraction of sp³-hybridized carbons (Fsp3) is 0.500. The van der Waals surface area contributed by atoms with Gasteiger partial charge < -0.3 is 0 Å². The summed E-state index contributed by atoms with van der Waals surface area (Å²) in [5.74, 6) is 0.879. The highest BCUT2D eigenvalue weighted by Crippen LogP contribution is 2.24. The first kappa shape index (κ1) is 11.4. The lowest BCUT2D eigenvalue weighted by atomic mass is 9.89. The van der Waals surface area contributed by atoms with Gasteiger partial charge in [0.2, 0.25) is 0 Å². The second-order valence-electron chi connectivity index (χ2n) is 4.85. The average molecular weight is 214 g/mol. The van der Waals surface area contributed by atoms with E-state index in [1.165, 1.54) is 50.5 Å². The molecule has 1 aliphatic rings. The van der Waals surface area contributed by atoms with E-state index in [1.54, 1.807) is 0 Å². The Morgan fingerprint density at radius 3 is 2.50 bits per heavy atom. The van der Waals surface area contributed by atoms with Gasteiger partial charge >= 0.3 is 0 Å². The molecule has 86 valence electrons. The molecular formula is C16H22. The maximum absolute atomic E-state index is 2.46. The second kappa shape index (κ2) is 6.52. The molecule has 0 bridgehead atoms. The third-order valence-electron chi connectivity index (χ3n) is 3.50. The lowest BCUT2D eigenvalue weighted by molar-refractivity contribution is 0.419. The number of benzene rings is 1. The Morgan fingerprint density at radius 2 is 1.75 bits per heavy atom. The molecule has 0 aromatic heterocycles. The molecule has 0 spiro atoms. The van der Waals surface area contributed by atoms with Gasteiger partial charge in [0, 0.05) is 0 Å². The van der Waals surface area contributed by atoms with Gasteiger partial charge in [-0.3, -0.25) is 0 Å². The van der Waals surface area contributed by atoms with Gasteiger partial charge in [-0.25, -0.2) is 0 Å². The van der Waals surface area contributed by atoms with Gasteiger partial charge in [-0.05, 0) is 37.2 Å². The van der Waals surface area contributed by atoms with Gasteiger partial charge in [0.25, 0.3) is 0 Å². The highest BCUT2D eigenvalue weighted by molar-refractivity contribution is 5.15. The summed E-state index contributed by atoms with van der Waals surface area (Å²) in [6.07, 6.45) is 14.4. The van der Waals surface area contributed by atoms with Crippen LogP contribution < -0.4 is 0 Å². The molecule has 1 saturated carbocycles. The van der Waals surface area contributed by atoms with Gasteiger partial charge in [-0.2, -0.15) is 0 Å². The highest BCUT2D eigenvalue weighted by atomic mass is 14.1. The predicted molar refractivity (Wildman–Crippen MR) is 70.5 cm³/mol. The maximum Gasteiger partial charge on any atom is -0.0234 e. The summed E-state index contributed by atoms with van der Waals surface area (Å²) >= 11 is 0. The largest absolute Gasteiger partial charge is 0.0879 e. The summed E-state index contributed by atoms with van der Waals surface area (Å²) in [7, 11) is 0. The van der Waals surface area contributed by atoms with E-state index >= 15 is 0 Å². The molecule has 0 nitrogen and oxygen atoms in total. The fourth-order valence-corrected chi connectivity index (χ4v) is 2.51. The molecule has 2 rings (SSSR count). The topological polar surface area (TPSA) is 0 Å². The molecule has 0 atom stereocenters. The van der Waals surface area contributed by atoms with E-state index in [2.05, 4.69) is 42.5 Å². The summed E-state index contributed by atoms with van der Waals surface area (Å²) in [5, 5.41) is 0. The van der Waals surface area contributed by atoms with Crippen LogP contribution in [0.25, 0.3) is 0 Å². The second-order valence-corrected chi connectivity index (χ2v) is 4.85. The molecule has 1 fully saturated rings. The molecule has 0 N–H and O–H groups in total. The molecule has 1 aromatic rings. The first-order valence-corrected chi connectivity index (χ1v) is 6.66. The van der Waals surface area contributed by atoms with Gasteiger partial charge in [0.1, 0.15) is 0 Å². The Kier molecular flexibility index (Phi) is 4.67. The quantitative estimate of drug-likeness (QED) is 0.634. The standard InChI is InChI=1S/C16H22/c1-3-9-15(10-4-1)13-7-8-14-16-11-5-2-6-12-16/h1,3-4,8-10,14,16H,2,5-7,11-13H2/b14-8-. The molecule has 0 saturated heterocycles. The van der Waals surface area contributed by atoms with E-state index in [0.717, 1.165) is 5.92 Å². The van der Waals surface area contributed by atoms with Gasteiger partial charge in [-0.15, -0.1) is 0 Å². The molecule has 16 heavy (non-hydrogen) atoms. The van der Waals surface area contributed by atoms with Crippen LogP contribution in [-0.2, 0) is 6.42 Å². The predicted octanol–water partition coefficient (Wildman–Crippen LogP) is 4.76. The lowest BCUT2D eigenvalue weighted by Gasteiger charge is -2.17. The molecule has 1 aromatic carbocycles. The summed E-state index contributed by atoms with van der Waals surface area (Å²) in [6, 6.07) is 10.8. The van der Waals surface area contributed by atoms with E-state index in [1.807, 2.05) is 0 Å². The minimum absolute atomic E-state index is 0.879. The zero-order valence-corrected chi connectivity index (χ0v) is 10.1. The third kappa shape index (κ3) is 3.84. The van der Waals surface area contributed by atoms with Crippen LogP contribution in [0.5, 0.6) is 0 Å². The molecule has 0 radical (unpaired) electrons. The van der Waals surface area contributed by atoms with E-state index < -0.39 is 0 Å². The zero-order chi connectivity index (χ0) is 11.1. The zero-order valence-electron chi connectivity index (χ0n) is 10.1. The van der Waals surface area contributed by atoms with E-state index in [-0.39, 0.29) is 0 Å². The van der Waals surface area contributed by atoms with Crippen LogP contribution in [0, 0.1) is 5.92 Å². The minimum atomic E-state index is 0.879.